The van der Waals surface area contributed by atoms with Crippen LogP contribution in [0.5, 0.6) is 11.8 Å². The van der Waals surface area contributed by atoms with Gasteiger partial charge in [-0.15, -0.1) is 0 Å². The molecule has 1 aliphatic heterocycles. The molecule has 0 spiro atoms. The lowest BCUT2D eigenvalue weighted by atomic mass is 10.1. The maximum atomic E-state index is 5.67. The van der Waals surface area contributed by atoms with E-state index in [1.165, 1.54) is 19.2 Å². The van der Waals surface area contributed by atoms with Gasteiger partial charge in [0.2, 0.25) is 11.8 Å². The van der Waals surface area contributed by atoms with Crippen molar-refractivity contribution in [3.8, 4) is 11.8 Å². The van der Waals surface area contributed by atoms with Crippen LogP contribution in [-0.4, -0.2) is 43.4 Å². The van der Waals surface area contributed by atoms with Gasteiger partial charge in [-0.05, 0) is 19.3 Å². The fourth-order valence-electron chi connectivity index (χ4n) is 2.21. The topological polar surface area (TPSA) is 65.5 Å². The molecule has 1 atom stereocenters. The average Bonchev–Trinajstić information content (AvgIpc) is 2.48. The lowest BCUT2D eigenvalue weighted by molar-refractivity contribution is 0.0167. The molecule has 0 bridgehead atoms. The van der Waals surface area contributed by atoms with Gasteiger partial charge < -0.3 is 19.5 Å². The molecule has 0 amide bonds. The number of nitrogens with one attached hydrogen (secondary N) is 1. The quantitative estimate of drug-likeness (QED) is 0.834. The summed E-state index contributed by atoms with van der Waals surface area (Å²) in [4.78, 5) is 8.17. The van der Waals surface area contributed by atoms with Gasteiger partial charge in [-0.1, -0.05) is 0 Å². The van der Waals surface area contributed by atoms with Crippen molar-refractivity contribution in [1.29, 1.82) is 0 Å². The highest BCUT2D eigenvalue weighted by atomic mass is 16.5. The molecule has 6 heteroatoms. The summed E-state index contributed by atoms with van der Waals surface area (Å²) in [6.45, 7) is 2.29. The zero-order valence-electron chi connectivity index (χ0n) is 11.5. The van der Waals surface area contributed by atoms with Crippen LogP contribution in [0.2, 0.25) is 0 Å². The molecule has 1 saturated heterocycles. The van der Waals surface area contributed by atoms with Gasteiger partial charge in [-0.25, -0.2) is 9.97 Å². The summed E-state index contributed by atoms with van der Waals surface area (Å²) < 4.78 is 16.1. The van der Waals surface area contributed by atoms with E-state index in [-0.39, 0.29) is 0 Å². The maximum Gasteiger partial charge on any atom is 0.224 e. The Morgan fingerprint density at radius 3 is 2.58 bits per heavy atom. The lowest BCUT2D eigenvalue weighted by Gasteiger charge is -2.23. The Morgan fingerprint density at radius 1 is 1.26 bits per heavy atom. The highest BCUT2D eigenvalue weighted by Gasteiger charge is 2.16. The van der Waals surface area contributed by atoms with Crippen molar-refractivity contribution in [3.63, 3.8) is 0 Å². The Morgan fingerprint density at radius 2 is 2.00 bits per heavy atom. The molecule has 6 nitrogen and oxygen atoms in total. The third-order valence-electron chi connectivity index (χ3n) is 3.20. The van der Waals surface area contributed by atoms with Gasteiger partial charge in [0.05, 0.1) is 25.9 Å². The molecule has 2 heterocycles. The van der Waals surface area contributed by atoms with Gasteiger partial charge >= 0.3 is 0 Å². The standard InChI is InChI=1S/C13H21N3O3/c1-17-12-11(13(18-2)16-9-15-12)8-14-7-10-5-3-4-6-19-10/h9-10,14H,3-8H2,1-2H3. The van der Waals surface area contributed by atoms with Gasteiger partial charge in [0, 0.05) is 19.7 Å². The molecule has 1 aromatic heterocycles. The second-order valence-corrected chi connectivity index (χ2v) is 4.49. The van der Waals surface area contributed by atoms with Crippen molar-refractivity contribution in [1.82, 2.24) is 15.3 Å². The van der Waals surface area contributed by atoms with Crippen LogP contribution >= 0.6 is 0 Å². The Labute approximate surface area is 113 Å². The van der Waals surface area contributed by atoms with Gasteiger partial charge in [0.1, 0.15) is 6.33 Å². The van der Waals surface area contributed by atoms with E-state index in [1.807, 2.05) is 0 Å². The van der Waals surface area contributed by atoms with Gasteiger partial charge in [0.15, 0.2) is 0 Å². The van der Waals surface area contributed by atoms with Crippen LogP contribution in [0.4, 0.5) is 0 Å². The molecule has 1 N–H and O–H groups in total. The molecule has 0 saturated carbocycles. The van der Waals surface area contributed by atoms with E-state index in [4.69, 9.17) is 14.2 Å². The van der Waals surface area contributed by atoms with E-state index in [0.717, 1.165) is 25.1 Å². The molecule has 2 rings (SSSR count). The summed E-state index contributed by atoms with van der Waals surface area (Å²) in [5.74, 6) is 1.09. The predicted octanol–water partition coefficient (Wildman–Crippen LogP) is 1.15. The summed E-state index contributed by atoms with van der Waals surface area (Å²) in [5, 5.41) is 3.36. The lowest BCUT2D eigenvalue weighted by Crippen LogP contribution is -2.31. The monoisotopic (exact) mass is 267 g/mol. The number of hydrogen-bond donors (Lipinski definition) is 1. The Kier molecular flexibility index (Phi) is 5.35. The summed E-state index contributed by atoms with van der Waals surface area (Å²) in [7, 11) is 3.19. The van der Waals surface area contributed by atoms with Gasteiger partial charge in [-0.3, -0.25) is 0 Å². The zero-order valence-corrected chi connectivity index (χ0v) is 11.5. The van der Waals surface area contributed by atoms with Crippen LogP contribution in [0.3, 0.4) is 0 Å². The van der Waals surface area contributed by atoms with Crippen LogP contribution < -0.4 is 14.8 Å². The Hall–Kier alpha value is -1.40. The van der Waals surface area contributed by atoms with Gasteiger partial charge in [-0.2, -0.15) is 0 Å². The first-order valence-corrected chi connectivity index (χ1v) is 6.59. The fraction of sp³-hybridized carbons (Fsp3) is 0.692. The number of hydrogen-bond acceptors (Lipinski definition) is 6. The number of methoxy groups -OCH3 is 2. The Bertz CT molecular complexity index is 372. The molecule has 1 aromatic rings. The third kappa shape index (κ3) is 3.78. The van der Waals surface area contributed by atoms with E-state index in [2.05, 4.69) is 15.3 Å². The van der Waals surface area contributed by atoms with Crippen LogP contribution in [0.15, 0.2) is 6.33 Å². The molecule has 1 fully saturated rings. The summed E-state index contributed by atoms with van der Waals surface area (Å²) >= 11 is 0. The van der Waals surface area contributed by atoms with E-state index in [0.29, 0.717) is 24.4 Å². The van der Waals surface area contributed by atoms with Crippen LogP contribution in [0, 0.1) is 0 Å². The van der Waals surface area contributed by atoms with Crippen molar-refractivity contribution in [2.75, 3.05) is 27.4 Å². The predicted molar refractivity (Wildman–Crippen MR) is 70.4 cm³/mol. The van der Waals surface area contributed by atoms with Crippen molar-refractivity contribution in [2.24, 2.45) is 0 Å². The van der Waals surface area contributed by atoms with Crippen LogP contribution in [-0.2, 0) is 11.3 Å². The number of nitrogens with zero attached hydrogens (tertiary/aromatic N) is 2. The Balaban J connectivity index is 1.90. The molecule has 0 radical (unpaired) electrons. The largest absolute Gasteiger partial charge is 0.481 e. The second kappa shape index (κ2) is 7.25. The first-order valence-electron chi connectivity index (χ1n) is 6.59. The van der Waals surface area contributed by atoms with Crippen molar-refractivity contribution < 1.29 is 14.2 Å². The second-order valence-electron chi connectivity index (χ2n) is 4.49. The van der Waals surface area contributed by atoms with Crippen LogP contribution in [0.25, 0.3) is 0 Å². The van der Waals surface area contributed by atoms with Crippen LogP contribution in [0.1, 0.15) is 24.8 Å². The minimum atomic E-state index is 0.301. The molecule has 0 aromatic carbocycles. The molecule has 1 aliphatic rings. The minimum absolute atomic E-state index is 0.301. The first kappa shape index (κ1) is 14.0. The summed E-state index contributed by atoms with van der Waals surface area (Å²) in [5.41, 5.74) is 0.836. The van der Waals surface area contributed by atoms with E-state index in [9.17, 15) is 0 Å². The fourth-order valence-corrected chi connectivity index (χ4v) is 2.21. The van der Waals surface area contributed by atoms with E-state index >= 15 is 0 Å². The number of ether oxygens (including phenoxy) is 3. The van der Waals surface area contributed by atoms with Crippen molar-refractivity contribution >= 4 is 0 Å². The molecular formula is C13H21N3O3. The molecule has 19 heavy (non-hydrogen) atoms. The minimum Gasteiger partial charge on any atom is -0.481 e. The summed E-state index contributed by atoms with van der Waals surface area (Å²) in [6, 6.07) is 0. The first-order chi connectivity index (χ1) is 9.35. The van der Waals surface area contributed by atoms with E-state index in [1.54, 1.807) is 14.2 Å². The van der Waals surface area contributed by atoms with E-state index < -0.39 is 0 Å². The number of aromatic nitrogens is 2. The molecule has 0 aliphatic carbocycles. The van der Waals surface area contributed by atoms with Gasteiger partial charge in [0.25, 0.3) is 0 Å². The van der Waals surface area contributed by atoms with Crippen molar-refractivity contribution in [3.05, 3.63) is 11.9 Å². The summed E-state index contributed by atoms with van der Waals surface area (Å²) in [6.07, 6.45) is 5.27. The number of rotatable bonds is 6. The smallest absolute Gasteiger partial charge is 0.224 e. The molecular weight excluding hydrogens is 246 g/mol. The normalized spacial score (nSPS) is 19.2. The molecule has 1 unspecified atom stereocenters. The maximum absolute atomic E-state index is 5.67. The highest BCUT2D eigenvalue weighted by Crippen LogP contribution is 2.23. The van der Waals surface area contributed by atoms with Crippen molar-refractivity contribution in [2.45, 2.75) is 31.9 Å². The molecule has 106 valence electrons. The third-order valence-corrected chi connectivity index (χ3v) is 3.20. The zero-order chi connectivity index (χ0) is 13.5. The highest BCUT2D eigenvalue weighted by molar-refractivity contribution is 5.34. The average molecular weight is 267 g/mol. The SMILES string of the molecule is COc1ncnc(OC)c1CNCC1CCCCO1.